The Kier molecular flexibility index (Phi) is 4.53. The highest BCUT2D eigenvalue weighted by Crippen LogP contribution is 2.40. The van der Waals surface area contributed by atoms with Crippen molar-refractivity contribution in [2.24, 2.45) is 0 Å². The monoisotopic (exact) mass is 357 g/mol. The van der Waals surface area contributed by atoms with E-state index >= 15 is 0 Å². The molecule has 0 atom stereocenters. The van der Waals surface area contributed by atoms with Crippen LogP contribution in [0.15, 0.2) is 30.3 Å². The summed E-state index contributed by atoms with van der Waals surface area (Å²) in [5.74, 6) is 1.83. The molecule has 2 aliphatic heterocycles. The molecule has 130 valence electrons. The number of fused-ring (bicyclic) bond motifs is 2. The summed E-state index contributed by atoms with van der Waals surface area (Å²) in [4.78, 5) is 12.4. The molecular formula is C20H20ClNO3. The van der Waals surface area contributed by atoms with Gasteiger partial charge < -0.3 is 14.8 Å². The molecule has 5 heteroatoms. The number of nitrogens with one attached hydrogen (secondary N) is 1. The van der Waals surface area contributed by atoms with Crippen LogP contribution in [-0.2, 0) is 30.5 Å². The van der Waals surface area contributed by atoms with Gasteiger partial charge in [-0.15, -0.1) is 0 Å². The lowest BCUT2D eigenvalue weighted by Crippen LogP contribution is -2.27. The number of hydrogen-bond acceptors (Lipinski definition) is 3. The first-order valence-corrected chi connectivity index (χ1v) is 9.03. The summed E-state index contributed by atoms with van der Waals surface area (Å²) in [5.41, 5.74) is 4.40. The predicted octanol–water partition coefficient (Wildman–Crippen LogP) is 3.11. The third kappa shape index (κ3) is 3.45. The standard InChI is InChI=1S/C20H20ClNO3/c21-15-3-1-2-13(10-15)4-7-22-19(23)12-17-16-6-9-24-18(16)11-14-5-8-25-20(14)17/h1-3,10-11H,4-9,12H2,(H,22,23). The zero-order chi connectivity index (χ0) is 17.2. The number of halogens is 1. The van der Waals surface area contributed by atoms with E-state index in [0.29, 0.717) is 26.2 Å². The normalized spacial score (nSPS) is 14.4. The molecule has 4 nitrogen and oxygen atoms in total. The molecule has 2 aromatic carbocycles. The Labute approximate surface area is 152 Å². The highest BCUT2D eigenvalue weighted by molar-refractivity contribution is 6.30. The number of ether oxygens (including phenoxy) is 2. The lowest BCUT2D eigenvalue weighted by Gasteiger charge is -2.13. The van der Waals surface area contributed by atoms with Gasteiger partial charge in [0, 0.05) is 41.1 Å². The van der Waals surface area contributed by atoms with E-state index in [1.807, 2.05) is 24.3 Å². The van der Waals surface area contributed by atoms with Crippen molar-refractivity contribution in [3.8, 4) is 11.5 Å². The minimum absolute atomic E-state index is 0.0139. The molecule has 4 rings (SSSR count). The summed E-state index contributed by atoms with van der Waals surface area (Å²) >= 11 is 5.99. The second-order valence-corrected chi connectivity index (χ2v) is 6.86. The van der Waals surface area contributed by atoms with Gasteiger partial charge in [0.1, 0.15) is 11.5 Å². The second-order valence-electron chi connectivity index (χ2n) is 6.42. The van der Waals surface area contributed by atoms with Crippen molar-refractivity contribution in [3.63, 3.8) is 0 Å². The van der Waals surface area contributed by atoms with Gasteiger partial charge in [-0.25, -0.2) is 0 Å². The average Bonchev–Trinajstić information content (AvgIpc) is 3.23. The van der Waals surface area contributed by atoms with Gasteiger partial charge in [-0.1, -0.05) is 23.7 Å². The molecule has 0 aliphatic carbocycles. The molecule has 0 saturated carbocycles. The fourth-order valence-corrected chi connectivity index (χ4v) is 3.75. The Morgan fingerprint density at radius 2 is 2.04 bits per heavy atom. The van der Waals surface area contributed by atoms with Crippen LogP contribution >= 0.6 is 11.6 Å². The summed E-state index contributed by atoms with van der Waals surface area (Å²) < 4.78 is 11.5. The molecule has 0 bridgehead atoms. The Morgan fingerprint density at radius 1 is 1.16 bits per heavy atom. The van der Waals surface area contributed by atoms with E-state index in [4.69, 9.17) is 21.1 Å². The van der Waals surface area contributed by atoms with Crippen LogP contribution in [0.2, 0.25) is 5.02 Å². The van der Waals surface area contributed by atoms with E-state index in [-0.39, 0.29) is 5.91 Å². The van der Waals surface area contributed by atoms with Crippen molar-refractivity contribution in [3.05, 3.63) is 57.6 Å². The first-order valence-electron chi connectivity index (χ1n) is 8.65. The van der Waals surface area contributed by atoms with Gasteiger partial charge >= 0.3 is 0 Å². The number of carbonyl (C=O) groups is 1. The molecule has 0 radical (unpaired) electrons. The van der Waals surface area contributed by atoms with Crippen molar-refractivity contribution in [2.45, 2.75) is 25.7 Å². The van der Waals surface area contributed by atoms with Gasteiger partial charge in [0.05, 0.1) is 19.6 Å². The molecule has 0 aromatic heterocycles. The lowest BCUT2D eigenvalue weighted by atomic mass is 9.97. The third-order valence-corrected chi connectivity index (χ3v) is 4.96. The zero-order valence-corrected chi connectivity index (χ0v) is 14.7. The molecule has 0 saturated heterocycles. The SMILES string of the molecule is O=C(Cc1c2c(cc3c1OCC3)OCC2)NCCc1cccc(Cl)c1. The maximum atomic E-state index is 12.4. The van der Waals surface area contributed by atoms with Crippen LogP contribution in [0, 0.1) is 0 Å². The molecule has 1 amide bonds. The summed E-state index contributed by atoms with van der Waals surface area (Å²) in [6.45, 7) is 1.96. The minimum atomic E-state index is 0.0139. The number of carbonyl (C=O) groups excluding carboxylic acids is 1. The van der Waals surface area contributed by atoms with Gasteiger partial charge in [0.25, 0.3) is 0 Å². The summed E-state index contributed by atoms with van der Waals surface area (Å²) in [6, 6.07) is 9.79. The zero-order valence-electron chi connectivity index (χ0n) is 13.9. The topological polar surface area (TPSA) is 47.6 Å². The van der Waals surface area contributed by atoms with E-state index in [9.17, 15) is 4.79 Å². The Hall–Kier alpha value is -2.20. The van der Waals surface area contributed by atoms with E-state index < -0.39 is 0 Å². The van der Waals surface area contributed by atoms with Gasteiger partial charge in [-0.3, -0.25) is 4.79 Å². The quantitative estimate of drug-likeness (QED) is 0.894. The van der Waals surface area contributed by atoms with Crippen molar-refractivity contribution in [2.75, 3.05) is 19.8 Å². The molecule has 25 heavy (non-hydrogen) atoms. The van der Waals surface area contributed by atoms with Crippen molar-refractivity contribution in [1.82, 2.24) is 5.32 Å². The van der Waals surface area contributed by atoms with Crippen LogP contribution in [0.5, 0.6) is 11.5 Å². The van der Waals surface area contributed by atoms with Crippen LogP contribution in [0.4, 0.5) is 0 Å². The van der Waals surface area contributed by atoms with Crippen LogP contribution in [0.3, 0.4) is 0 Å². The van der Waals surface area contributed by atoms with Gasteiger partial charge in [0.15, 0.2) is 0 Å². The number of hydrogen-bond donors (Lipinski definition) is 1. The molecule has 1 N–H and O–H groups in total. The summed E-state index contributed by atoms with van der Waals surface area (Å²) in [7, 11) is 0. The van der Waals surface area contributed by atoms with Gasteiger partial charge in [-0.05, 0) is 30.2 Å². The molecule has 2 aliphatic rings. The summed E-state index contributed by atoms with van der Waals surface area (Å²) in [6.07, 6.45) is 2.83. The summed E-state index contributed by atoms with van der Waals surface area (Å²) in [5, 5.41) is 3.72. The fourth-order valence-electron chi connectivity index (χ4n) is 3.53. The van der Waals surface area contributed by atoms with Crippen LogP contribution in [0.1, 0.15) is 22.3 Å². The maximum Gasteiger partial charge on any atom is 0.224 e. The Bertz CT molecular complexity index is 787. The smallest absolute Gasteiger partial charge is 0.224 e. The third-order valence-electron chi connectivity index (χ3n) is 4.72. The largest absolute Gasteiger partial charge is 0.493 e. The van der Waals surface area contributed by atoms with Crippen LogP contribution in [-0.4, -0.2) is 25.7 Å². The lowest BCUT2D eigenvalue weighted by molar-refractivity contribution is -0.120. The maximum absolute atomic E-state index is 12.4. The second kappa shape index (κ2) is 6.96. The van der Waals surface area contributed by atoms with Gasteiger partial charge in [0.2, 0.25) is 5.91 Å². The van der Waals surface area contributed by atoms with E-state index in [0.717, 1.165) is 58.0 Å². The molecule has 2 aromatic rings. The van der Waals surface area contributed by atoms with Crippen molar-refractivity contribution >= 4 is 17.5 Å². The van der Waals surface area contributed by atoms with Gasteiger partial charge in [-0.2, -0.15) is 0 Å². The van der Waals surface area contributed by atoms with E-state index in [2.05, 4.69) is 11.4 Å². The molecule has 0 fully saturated rings. The Balaban J connectivity index is 1.42. The van der Waals surface area contributed by atoms with Crippen LogP contribution < -0.4 is 14.8 Å². The molecule has 0 spiro atoms. The van der Waals surface area contributed by atoms with Crippen LogP contribution in [0.25, 0.3) is 0 Å². The highest BCUT2D eigenvalue weighted by atomic mass is 35.5. The fraction of sp³-hybridized carbons (Fsp3) is 0.350. The first-order chi connectivity index (χ1) is 12.2. The molecular weight excluding hydrogens is 338 g/mol. The van der Waals surface area contributed by atoms with Crippen molar-refractivity contribution in [1.29, 1.82) is 0 Å². The highest BCUT2D eigenvalue weighted by Gasteiger charge is 2.27. The molecule has 2 heterocycles. The number of benzene rings is 2. The Morgan fingerprint density at radius 3 is 2.92 bits per heavy atom. The minimum Gasteiger partial charge on any atom is -0.493 e. The average molecular weight is 358 g/mol. The van der Waals surface area contributed by atoms with Crippen molar-refractivity contribution < 1.29 is 14.3 Å². The number of amides is 1. The predicted molar refractivity (Wildman–Crippen MR) is 96.7 cm³/mol. The van der Waals surface area contributed by atoms with E-state index in [1.54, 1.807) is 0 Å². The van der Waals surface area contributed by atoms with E-state index in [1.165, 1.54) is 0 Å². The number of rotatable bonds is 5. The molecule has 0 unspecified atom stereocenters. The first kappa shape index (κ1) is 16.3.